The van der Waals surface area contributed by atoms with Crippen LogP contribution in [0.1, 0.15) is 33.1 Å². The second-order valence-corrected chi connectivity index (χ2v) is 6.65. The van der Waals surface area contributed by atoms with Gasteiger partial charge in [0.15, 0.2) is 0 Å². The zero-order valence-electron chi connectivity index (χ0n) is 11.1. The van der Waals surface area contributed by atoms with Gasteiger partial charge in [0.1, 0.15) is 0 Å². The van der Waals surface area contributed by atoms with Crippen LogP contribution in [-0.2, 0) is 10.0 Å². The van der Waals surface area contributed by atoms with Gasteiger partial charge in [-0.15, -0.1) is 11.6 Å². The quantitative estimate of drug-likeness (QED) is 0.490. The number of hydrogen-bond acceptors (Lipinski definition) is 3. The van der Waals surface area contributed by atoms with Crippen molar-refractivity contribution in [1.82, 2.24) is 9.62 Å². The molecule has 0 aromatic rings. The smallest absolute Gasteiger partial charge is 0.211 e. The maximum atomic E-state index is 11.6. The van der Waals surface area contributed by atoms with Gasteiger partial charge < -0.3 is 4.90 Å². The molecule has 1 atom stereocenters. The van der Waals surface area contributed by atoms with Crippen LogP contribution in [-0.4, -0.2) is 51.1 Å². The first-order chi connectivity index (χ1) is 7.93. The molecule has 0 aliphatic carbocycles. The second kappa shape index (κ2) is 9.14. The molecule has 0 aliphatic heterocycles. The number of likely N-dealkylation sites (N-methyl/N-ethyl adjacent to an activating group) is 1. The van der Waals surface area contributed by atoms with Gasteiger partial charge in [-0.1, -0.05) is 6.92 Å². The van der Waals surface area contributed by atoms with Crippen LogP contribution < -0.4 is 4.72 Å². The summed E-state index contributed by atoms with van der Waals surface area (Å²) >= 11 is 5.51. The van der Waals surface area contributed by atoms with Gasteiger partial charge in [0.2, 0.25) is 10.0 Å². The Morgan fingerprint density at radius 2 is 2.00 bits per heavy atom. The van der Waals surface area contributed by atoms with Crippen LogP contribution in [0.2, 0.25) is 0 Å². The lowest BCUT2D eigenvalue weighted by Crippen LogP contribution is -2.37. The number of sulfonamides is 1. The molecule has 0 spiro atoms. The number of nitrogens with one attached hydrogen (secondary N) is 1. The molecule has 1 unspecified atom stereocenters. The van der Waals surface area contributed by atoms with E-state index >= 15 is 0 Å². The Bertz CT molecular complexity index is 283. The summed E-state index contributed by atoms with van der Waals surface area (Å²) in [6, 6.07) is 0.482. The molecular weight excluding hydrogens is 260 g/mol. The minimum Gasteiger partial charge on any atom is -0.302 e. The van der Waals surface area contributed by atoms with E-state index in [1.54, 1.807) is 0 Å². The van der Waals surface area contributed by atoms with E-state index in [2.05, 4.69) is 23.5 Å². The normalized spacial score (nSPS) is 14.2. The van der Waals surface area contributed by atoms with Crippen molar-refractivity contribution >= 4 is 21.6 Å². The second-order valence-electron chi connectivity index (χ2n) is 4.35. The lowest BCUT2D eigenvalue weighted by molar-refractivity contribution is 0.256. The first kappa shape index (κ1) is 17.2. The summed E-state index contributed by atoms with van der Waals surface area (Å²) in [5, 5.41) is 0. The van der Waals surface area contributed by atoms with Crippen LogP contribution in [0.4, 0.5) is 0 Å². The lowest BCUT2D eigenvalue weighted by atomic mass is 10.2. The van der Waals surface area contributed by atoms with Crippen molar-refractivity contribution in [3.8, 4) is 0 Å². The van der Waals surface area contributed by atoms with Crippen LogP contribution >= 0.6 is 11.6 Å². The summed E-state index contributed by atoms with van der Waals surface area (Å²) in [5.41, 5.74) is 0. The van der Waals surface area contributed by atoms with Gasteiger partial charge >= 0.3 is 0 Å². The average Bonchev–Trinajstić information content (AvgIpc) is 2.27. The number of rotatable bonds is 10. The molecule has 17 heavy (non-hydrogen) atoms. The minimum atomic E-state index is -3.12. The van der Waals surface area contributed by atoms with Gasteiger partial charge in [-0.25, -0.2) is 13.1 Å². The average molecular weight is 285 g/mol. The van der Waals surface area contributed by atoms with Crippen LogP contribution in [0.25, 0.3) is 0 Å². The molecule has 0 amide bonds. The van der Waals surface area contributed by atoms with Crippen LogP contribution in [0.15, 0.2) is 0 Å². The molecule has 0 heterocycles. The molecule has 0 rings (SSSR count). The molecule has 6 heteroatoms. The highest BCUT2D eigenvalue weighted by atomic mass is 35.5. The van der Waals surface area contributed by atoms with Gasteiger partial charge in [-0.2, -0.15) is 0 Å². The number of hydrogen-bond donors (Lipinski definition) is 1. The largest absolute Gasteiger partial charge is 0.302 e. The van der Waals surface area contributed by atoms with Crippen molar-refractivity contribution in [3.63, 3.8) is 0 Å². The van der Waals surface area contributed by atoms with Gasteiger partial charge in [-0.05, 0) is 33.2 Å². The lowest BCUT2D eigenvalue weighted by Gasteiger charge is -2.23. The standard InChI is InChI=1S/C11H25ClN2O2S/c1-4-11(2)14(3)9-8-13-17(15,16)10-6-5-7-12/h11,13H,4-10H2,1-3H3. The highest BCUT2D eigenvalue weighted by Gasteiger charge is 2.11. The fourth-order valence-corrected chi connectivity index (χ4v) is 2.69. The van der Waals surface area contributed by atoms with Gasteiger partial charge in [0, 0.05) is 25.0 Å². The zero-order chi connectivity index (χ0) is 13.3. The molecule has 0 fully saturated rings. The highest BCUT2D eigenvalue weighted by Crippen LogP contribution is 1.99. The van der Waals surface area contributed by atoms with E-state index < -0.39 is 10.0 Å². The molecule has 0 saturated heterocycles. The van der Waals surface area contributed by atoms with E-state index in [0.717, 1.165) is 19.4 Å². The molecule has 0 radical (unpaired) electrons. The minimum absolute atomic E-state index is 0.173. The third kappa shape index (κ3) is 8.83. The molecule has 0 aromatic carbocycles. The van der Waals surface area contributed by atoms with Crippen molar-refractivity contribution < 1.29 is 8.42 Å². The van der Waals surface area contributed by atoms with Crippen molar-refractivity contribution in [3.05, 3.63) is 0 Å². The zero-order valence-corrected chi connectivity index (χ0v) is 12.6. The Morgan fingerprint density at radius 3 is 2.53 bits per heavy atom. The fourth-order valence-electron chi connectivity index (χ4n) is 1.37. The Kier molecular flexibility index (Phi) is 9.22. The Balaban J connectivity index is 3.79. The third-order valence-corrected chi connectivity index (χ3v) is 4.66. The monoisotopic (exact) mass is 284 g/mol. The number of nitrogens with zero attached hydrogens (tertiary/aromatic N) is 1. The van der Waals surface area contributed by atoms with Crippen molar-refractivity contribution in [2.24, 2.45) is 0 Å². The van der Waals surface area contributed by atoms with Crippen molar-refractivity contribution in [1.29, 1.82) is 0 Å². The Morgan fingerprint density at radius 1 is 1.35 bits per heavy atom. The third-order valence-electron chi connectivity index (χ3n) is 2.93. The number of alkyl halides is 1. The molecule has 104 valence electrons. The number of unbranched alkanes of at least 4 members (excludes halogenated alkanes) is 1. The van der Waals surface area contributed by atoms with E-state index in [0.29, 0.717) is 24.9 Å². The SMILES string of the molecule is CCC(C)N(C)CCNS(=O)(=O)CCCCCl. The van der Waals surface area contributed by atoms with E-state index in [4.69, 9.17) is 11.6 Å². The predicted molar refractivity (Wildman–Crippen MR) is 74.1 cm³/mol. The van der Waals surface area contributed by atoms with Gasteiger partial charge in [-0.3, -0.25) is 0 Å². The maximum absolute atomic E-state index is 11.6. The van der Waals surface area contributed by atoms with Gasteiger partial charge in [0.25, 0.3) is 0 Å². The van der Waals surface area contributed by atoms with Gasteiger partial charge in [0.05, 0.1) is 5.75 Å². The van der Waals surface area contributed by atoms with Crippen molar-refractivity contribution in [2.75, 3.05) is 31.8 Å². The fraction of sp³-hybridized carbons (Fsp3) is 1.00. The topological polar surface area (TPSA) is 49.4 Å². The maximum Gasteiger partial charge on any atom is 0.211 e. The van der Waals surface area contributed by atoms with E-state index in [-0.39, 0.29) is 5.75 Å². The summed E-state index contributed by atoms with van der Waals surface area (Å²) in [4.78, 5) is 2.15. The predicted octanol–water partition coefficient (Wildman–Crippen LogP) is 1.66. The molecule has 1 N–H and O–H groups in total. The summed E-state index contributed by atoms with van der Waals surface area (Å²) < 4.78 is 25.7. The molecule has 0 saturated carbocycles. The summed E-state index contributed by atoms with van der Waals surface area (Å²) in [5.74, 6) is 0.693. The first-order valence-corrected chi connectivity index (χ1v) is 8.35. The molecule has 0 aliphatic rings. The van der Waals surface area contributed by atoms with Crippen LogP contribution in [0.5, 0.6) is 0 Å². The van der Waals surface area contributed by atoms with Crippen LogP contribution in [0.3, 0.4) is 0 Å². The molecule has 0 aromatic heterocycles. The highest BCUT2D eigenvalue weighted by molar-refractivity contribution is 7.89. The van der Waals surface area contributed by atoms with Crippen molar-refractivity contribution in [2.45, 2.75) is 39.2 Å². The van der Waals surface area contributed by atoms with Crippen LogP contribution in [0, 0.1) is 0 Å². The van der Waals surface area contributed by atoms with E-state index in [1.165, 1.54) is 0 Å². The van der Waals surface area contributed by atoms with E-state index in [1.807, 2.05) is 7.05 Å². The molecule has 4 nitrogen and oxygen atoms in total. The molecule has 0 bridgehead atoms. The molecular formula is C11H25ClN2O2S. The number of halogens is 1. The summed E-state index contributed by atoms with van der Waals surface area (Å²) in [6.45, 7) is 5.47. The summed E-state index contributed by atoms with van der Waals surface area (Å²) in [6.07, 6.45) is 2.44. The van der Waals surface area contributed by atoms with E-state index in [9.17, 15) is 8.42 Å². The Hall–Kier alpha value is 0.160. The summed E-state index contributed by atoms with van der Waals surface area (Å²) in [7, 11) is -1.11. The first-order valence-electron chi connectivity index (χ1n) is 6.16. The Labute approximate surface area is 111 Å².